The van der Waals surface area contributed by atoms with Crippen molar-refractivity contribution in [3.05, 3.63) is 93.0 Å². The first kappa shape index (κ1) is 27.4. The number of fused-ring (bicyclic) bond motifs is 7. The molecular weight excluding hydrogens is 576 g/mol. The number of nitrogens with two attached hydrogens (primary N) is 1. The molecule has 1 saturated carbocycles. The topological polar surface area (TPSA) is 93.2 Å². The van der Waals surface area contributed by atoms with E-state index in [2.05, 4.69) is 14.8 Å². The lowest BCUT2D eigenvalue weighted by molar-refractivity contribution is -0.128. The van der Waals surface area contributed by atoms with Gasteiger partial charge in [-0.3, -0.25) is 14.5 Å². The molecule has 3 N–H and O–H groups in total. The van der Waals surface area contributed by atoms with E-state index in [-0.39, 0.29) is 30.3 Å². The number of amides is 2. The normalized spacial score (nSPS) is 26.1. The Balaban J connectivity index is 0.00000288. The third kappa shape index (κ3) is 3.64. The van der Waals surface area contributed by atoms with Gasteiger partial charge in [-0.15, -0.1) is 0 Å². The highest BCUT2D eigenvalue weighted by Gasteiger charge is 2.69. The molecule has 3 aromatic carbocycles. The van der Waals surface area contributed by atoms with E-state index in [9.17, 15) is 9.59 Å². The molecule has 0 bridgehead atoms. The van der Waals surface area contributed by atoms with Gasteiger partial charge < -0.3 is 15.6 Å². The Kier molecular flexibility index (Phi) is 6.21. The number of rotatable bonds is 4. The molecule has 216 valence electrons. The van der Waals surface area contributed by atoms with Crippen molar-refractivity contribution in [1.82, 2.24) is 14.5 Å². The van der Waals surface area contributed by atoms with Crippen LogP contribution in [0.15, 0.2) is 54.6 Å². The zero-order valence-corrected chi connectivity index (χ0v) is 23.4. The van der Waals surface area contributed by atoms with Crippen molar-refractivity contribution in [1.29, 1.82) is 0 Å². The standard InChI is InChI=1S/C31H26Cl2FN5O2.CH4/c32-17-7-8-19-21(13-17)37-30(41)31(19)26(18-2-1-3-20(33)27(18)34)25-24(39(31)14-15-4-5-15)10-11-38-23-9-6-16(28(35)40)12-22(23)36-29(25)38;/h1-3,6-9,12-13,15,24-26H,4-5,10-11,14H2,(H2,35,40)(H,37,41);1H4/t24-,25+,26-,31+;/m0./s1. The number of aryl methyl sites for hydroxylation is 1. The zero-order valence-electron chi connectivity index (χ0n) is 21.9. The summed E-state index contributed by atoms with van der Waals surface area (Å²) in [6.45, 7) is 1.40. The van der Waals surface area contributed by atoms with Crippen molar-refractivity contribution in [3.8, 4) is 0 Å². The predicted molar refractivity (Wildman–Crippen MR) is 161 cm³/mol. The number of aromatic nitrogens is 2. The van der Waals surface area contributed by atoms with E-state index in [1.54, 1.807) is 36.4 Å². The summed E-state index contributed by atoms with van der Waals surface area (Å²) in [5.74, 6) is -0.944. The predicted octanol–water partition coefficient (Wildman–Crippen LogP) is 6.43. The maximum Gasteiger partial charge on any atom is 0.250 e. The third-order valence-electron chi connectivity index (χ3n) is 9.54. The highest BCUT2D eigenvalue weighted by Crippen LogP contribution is 2.64. The Labute approximate surface area is 252 Å². The molecule has 42 heavy (non-hydrogen) atoms. The molecule has 4 aliphatic rings. The molecule has 0 unspecified atom stereocenters. The van der Waals surface area contributed by atoms with Crippen LogP contribution in [0.4, 0.5) is 10.1 Å². The van der Waals surface area contributed by atoms with Crippen molar-refractivity contribution in [2.24, 2.45) is 11.7 Å². The molecule has 1 saturated heterocycles. The van der Waals surface area contributed by atoms with Crippen molar-refractivity contribution in [2.45, 2.75) is 56.7 Å². The van der Waals surface area contributed by atoms with E-state index >= 15 is 4.39 Å². The number of nitrogens with one attached hydrogen (secondary N) is 1. The Morgan fingerprint density at radius 3 is 2.69 bits per heavy atom. The Hall–Kier alpha value is -3.46. The van der Waals surface area contributed by atoms with E-state index in [4.69, 9.17) is 33.9 Å². The number of imidazole rings is 1. The SMILES string of the molecule is C.NC(=O)c1ccc2c(c1)nc1n2CC[C@H]2[C@@H]1[C@H](c1cccc(Cl)c1F)[C@]1(C(=O)Nc3cc(Cl)ccc31)N2CC1CC1. The Bertz CT molecular complexity index is 1800. The smallest absolute Gasteiger partial charge is 0.250 e. The molecular formula is C32H30Cl2FN5O2. The minimum Gasteiger partial charge on any atom is -0.366 e. The molecule has 8 rings (SSSR count). The Morgan fingerprint density at radius 1 is 1.12 bits per heavy atom. The van der Waals surface area contributed by atoms with Gasteiger partial charge in [0.25, 0.3) is 0 Å². The van der Waals surface area contributed by atoms with Gasteiger partial charge in [-0.25, -0.2) is 9.37 Å². The second-order valence-corrected chi connectivity index (χ2v) is 12.5. The lowest BCUT2D eigenvalue weighted by Gasteiger charge is -2.40. The first-order valence-corrected chi connectivity index (χ1v) is 14.7. The van der Waals surface area contributed by atoms with Crippen molar-refractivity contribution in [3.63, 3.8) is 0 Å². The number of primary amides is 1. The van der Waals surface area contributed by atoms with E-state index in [0.29, 0.717) is 39.8 Å². The lowest BCUT2D eigenvalue weighted by atomic mass is 9.70. The number of likely N-dealkylation sites (tertiary alicyclic amines) is 1. The number of carbonyl (C=O) groups is 2. The van der Waals surface area contributed by atoms with Crippen LogP contribution in [0.5, 0.6) is 0 Å². The number of halogens is 3. The van der Waals surface area contributed by atoms with Crippen molar-refractivity contribution >= 4 is 51.7 Å². The zero-order chi connectivity index (χ0) is 28.2. The summed E-state index contributed by atoms with van der Waals surface area (Å²) >= 11 is 12.8. The summed E-state index contributed by atoms with van der Waals surface area (Å²) in [7, 11) is 0. The fourth-order valence-electron chi connectivity index (χ4n) is 7.75. The molecule has 1 spiro atoms. The monoisotopic (exact) mass is 605 g/mol. The van der Waals surface area contributed by atoms with E-state index in [1.165, 1.54) is 6.07 Å². The van der Waals surface area contributed by atoms with E-state index < -0.39 is 23.2 Å². The highest BCUT2D eigenvalue weighted by atomic mass is 35.5. The summed E-state index contributed by atoms with van der Waals surface area (Å²) < 4.78 is 18.3. The van der Waals surface area contributed by atoms with Crippen LogP contribution in [0.3, 0.4) is 0 Å². The van der Waals surface area contributed by atoms with Crippen molar-refractivity contribution in [2.75, 3.05) is 11.9 Å². The summed E-state index contributed by atoms with van der Waals surface area (Å²) in [6.07, 6.45) is 2.96. The molecule has 1 aromatic heterocycles. The minimum atomic E-state index is -1.19. The van der Waals surface area contributed by atoms with Gasteiger partial charge >= 0.3 is 0 Å². The second kappa shape index (κ2) is 9.53. The van der Waals surface area contributed by atoms with Crippen LogP contribution in [0, 0.1) is 11.7 Å². The number of hydrogen-bond donors (Lipinski definition) is 2. The van der Waals surface area contributed by atoms with Crippen molar-refractivity contribution < 1.29 is 14.0 Å². The highest BCUT2D eigenvalue weighted by molar-refractivity contribution is 6.31. The van der Waals surface area contributed by atoms with Crippen LogP contribution in [-0.2, 0) is 16.9 Å². The molecule has 1 aliphatic carbocycles. The molecule has 2 amide bonds. The number of anilines is 1. The quantitative estimate of drug-likeness (QED) is 0.280. The van der Waals surface area contributed by atoms with Gasteiger partial charge in [0, 0.05) is 52.8 Å². The first-order valence-electron chi connectivity index (χ1n) is 13.9. The molecule has 3 aliphatic heterocycles. The third-order valence-corrected chi connectivity index (χ3v) is 10.1. The number of nitrogens with zero attached hydrogens (tertiary/aromatic N) is 3. The Morgan fingerprint density at radius 2 is 1.93 bits per heavy atom. The summed E-state index contributed by atoms with van der Waals surface area (Å²) in [5.41, 5.74) is 8.13. The van der Waals surface area contributed by atoms with Gasteiger partial charge in [0.15, 0.2) is 0 Å². The first-order chi connectivity index (χ1) is 19.8. The fourth-order valence-corrected chi connectivity index (χ4v) is 8.10. The maximum absolute atomic E-state index is 16.2. The molecule has 0 radical (unpaired) electrons. The maximum atomic E-state index is 16.2. The molecule has 7 nitrogen and oxygen atoms in total. The van der Waals surface area contributed by atoms with Gasteiger partial charge in [-0.05, 0) is 67.1 Å². The molecule has 10 heteroatoms. The number of carbonyl (C=O) groups excluding carboxylic acids is 2. The number of hydrogen-bond acceptors (Lipinski definition) is 4. The van der Waals surface area contributed by atoms with Gasteiger partial charge in [-0.1, -0.05) is 48.8 Å². The minimum absolute atomic E-state index is 0. The summed E-state index contributed by atoms with van der Waals surface area (Å²) in [4.78, 5) is 33.8. The van der Waals surface area contributed by atoms with Gasteiger partial charge in [0.1, 0.15) is 17.2 Å². The summed E-state index contributed by atoms with van der Waals surface area (Å²) in [5, 5.41) is 3.64. The number of benzene rings is 3. The lowest BCUT2D eigenvalue weighted by Crippen LogP contribution is -2.53. The van der Waals surface area contributed by atoms with Crippen LogP contribution < -0.4 is 11.1 Å². The van der Waals surface area contributed by atoms with Gasteiger partial charge in [-0.2, -0.15) is 0 Å². The molecule has 4 heterocycles. The van der Waals surface area contributed by atoms with Crippen LogP contribution in [0.1, 0.15) is 65.8 Å². The van der Waals surface area contributed by atoms with Crippen LogP contribution in [0.25, 0.3) is 11.0 Å². The largest absolute Gasteiger partial charge is 0.366 e. The van der Waals surface area contributed by atoms with Gasteiger partial charge in [0.2, 0.25) is 11.8 Å². The molecule has 4 aromatic rings. The van der Waals surface area contributed by atoms with E-state index in [0.717, 1.165) is 42.7 Å². The fraction of sp³-hybridized carbons (Fsp3) is 0.344. The van der Waals surface area contributed by atoms with Crippen LogP contribution >= 0.6 is 23.2 Å². The molecule has 4 atom stereocenters. The average molecular weight is 607 g/mol. The summed E-state index contributed by atoms with van der Waals surface area (Å²) in [6, 6.07) is 15.7. The van der Waals surface area contributed by atoms with Gasteiger partial charge in [0.05, 0.1) is 16.1 Å². The van der Waals surface area contributed by atoms with Crippen LogP contribution in [0.2, 0.25) is 10.0 Å². The second-order valence-electron chi connectivity index (χ2n) is 11.7. The average Bonchev–Trinajstić information content (AvgIpc) is 3.53. The van der Waals surface area contributed by atoms with E-state index in [1.807, 2.05) is 12.1 Å². The van der Waals surface area contributed by atoms with Crippen LogP contribution in [-0.4, -0.2) is 38.9 Å². The molecule has 2 fully saturated rings.